The molecule has 18 heavy (non-hydrogen) atoms. The van der Waals surface area contributed by atoms with Crippen molar-refractivity contribution in [1.82, 2.24) is 9.78 Å². The first-order valence-electron chi connectivity index (χ1n) is 5.91. The fraction of sp³-hybridized carbons (Fsp3) is 0.286. The van der Waals surface area contributed by atoms with Crippen LogP contribution in [0.15, 0.2) is 34.8 Å². The minimum atomic E-state index is 0.0941. The van der Waals surface area contributed by atoms with Crippen LogP contribution >= 0.6 is 15.9 Å². The number of carbonyl (C=O) groups excluding carboxylic acids is 1. The molecule has 0 aliphatic rings. The van der Waals surface area contributed by atoms with Crippen molar-refractivity contribution < 1.29 is 4.79 Å². The van der Waals surface area contributed by atoms with Crippen LogP contribution in [-0.4, -0.2) is 15.6 Å². The molecule has 0 saturated carbocycles. The maximum Gasteiger partial charge on any atom is 0.185 e. The molecule has 0 radical (unpaired) electrons. The van der Waals surface area contributed by atoms with Crippen LogP contribution in [0.1, 0.15) is 28.7 Å². The van der Waals surface area contributed by atoms with E-state index in [2.05, 4.69) is 21.0 Å². The molecular formula is C14H15BrN2O. The van der Waals surface area contributed by atoms with Crippen molar-refractivity contribution in [3.63, 3.8) is 0 Å². The van der Waals surface area contributed by atoms with Crippen LogP contribution in [-0.2, 0) is 19.9 Å². The van der Waals surface area contributed by atoms with Gasteiger partial charge in [-0.2, -0.15) is 5.10 Å². The summed E-state index contributed by atoms with van der Waals surface area (Å²) in [5.74, 6) is 0.0941. The van der Waals surface area contributed by atoms with Gasteiger partial charge >= 0.3 is 0 Å². The number of aromatic nitrogens is 2. The van der Waals surface area contributed by atoms with E-state index >= 15 is 0 Å². The van der Waals surface area contributed by atoms with Gasteiger partial charge in [0.25, 0.3) is 0 Å². The van der Waals surface area contributed by atoms with E-state index in [4.69, 9.17) is 0 Å². The summed E-state index contributed by atoms with van der Waals surface area (Å²) in [6, 6.07) is 9.66. The third kappa shape index (κ3) is 2.70. The third-order valence-corrected chi connectivity index (χ3v) is 3.66. The summed E-state index contributed by atoms with van der Waals surface area (Å²) in [6.45, 7) is 2.03. The van der Waals surface area contributed by atoms with Gasteiger partial charge < -0.3 is 0 Å². The van der Waals surface area contributed by atoms with E-state index in [9.17, 15) is 4.79 Å². The largest absolute Gasteiger partial charge is 0.292 e. The maximum absolute atomic E-state index is 12.2. The Bertz CT molecular complexity index is 575. The van der Waals surface area contributed by atoms with Gasteiger partial charge in [-0.25, -0.2) is 0 Å². The molecule has 3 nitrogen and oxygen atoms in total. The molecule has 0 unspecified atom stereocenters. The van der Waals surface area contributed by atoms with Gasteiger partial charge in [0.05, 0.1) is 5.69 Å². The van der Waals surface area contributed by atoms with Crippen molar-refractivity contribution in [1.29, 1.82) is 0 Å². The number of benzene rings is 1. The van der Waals surface area contributed by atoms with Crippen LogP contribution in [0.3, 0.4) is 0 Å². The molecule has 2 aromatic rings. The molecule has 1 heterocycles. The smallest absolute Gasteiger partial charge is 0.185 e. The van der Waals surface area contributed by atoms with E-state index in [0.717, 1.165) is 22.2 Å². The van der Waals surface area contributed by atoms with Crippen molar-refractivity contribution in [3.8, 4) is 0 Å². The fourth-order valence-electron chi connectivity index (χ4n) is 1.87. The summed E-state index contributed by atoms with van der Waals surface area (Å²) in [5.41, 5.74) is 2.62. The zero-order valence-corrected chi connectivity index (χ0v) is 12.1. The number of Topliss-reactive ketones (excluding diaryl/α,β-unsaturated/α-hetero) is 1. The number of aryl methyl sites for hydroxylation is 2. The third-order valence-electron chi connectivity index (χ3n) is 2.89. The molecule has 0 fully saturated rings. The van der Waals surface area contributed by atoms with Gasteiger partial charge in [0.15, 0.2) is 5.78 Å². The Morgan fingerprint density at radius 3 is 2.72 bits per heavy atom. The van der Waals surface area contributed by atoms with Gasteiger partial charge in [-0.05, 0) is 24.1 Å². The molecule has 0 atom stereocenters. The van der Waals surface area contributed by atoms with Gasteiger partial charge in [0.2, 0.25) is 0 Å². The van der Waals surface area contributed by atoms with Crippen molar-refractivity contribution in [2.24, 2.45) is 7.05 Å². The molecule has 4 heteroatoms. The second-order valence-electron chi connectivity index (χ2n) is 4.19. The zero-order valence-electron chi connectivity index (χ0n) is 10.5. The first-order valence-corrected chi connectivity index (χ1v) is 6.70. The standard InChI is InChI=1S/C14H15BrN2O/c1-3-11-9-13(17(2)16-11)14(18)8-10-6-4-5-7-12(10)15/h4-7,9H,3,8H2,1-2H3. The Morgan fingerprint density at radius 2 is 2.11 bits per heavy atom. The number of carbonyl (C=O) groups is 1. The predicted molar refractivity (Wildman–Crippen MR) is 74.8 cm³/mol. The summed E-state index contributed by atoms with van der Waals surface area (Å²) >= 11 is 3.46. The second kappa shape index (κ2) is 5.48. The SMILES string of the molecule is CCc1cc(C(=O)Cc2ccccc2Br)n(C)n1. The first-order chi connectivity index (χ1) is 8.61. The van der Waals surface area contributed by atoms with Crippen LogP contribution in [0.5, 0.6) is 0 Å². The summed E-state index contributed by atoms with van der Waals surface area (Å²) in [6.07, 6.45) is 1.24. The highest BCUT2D eigenvalue weighted by atomic mass is 79.9. The van der Waals surface area contributed by atoms with E-state index in [1.54, 1.807) is 4.68 Å². The monoisotopic (exact) mass is 306 g/mol. The molecule has 0 spiro atoms. The number of hydrogen-bond acceptors (Lipinski definition) is 2. The Labute approximate surface area is 115 Å². The summed E-state index contributed by atoms with van der Waals surface area (Å²) in [7, 11) is 1.81. The molecule has 0 aliphatic carbocycles. The highest BCUT2D eigenvalue weighted by Crippen LogP contribution is 2.18. The van der Waals surface area contributed by atoms with E-state index in [0.29, 0.717) is 12.1 Å². The number of ketones is 1. The summed E-state index contributed by atoms with van der Waals surface area (Å²) < 4.78 is 2.63. The fourth-order valence-corrected chi connectivity index (χ4v) is 2.29. The van der Waals surface area contributed by atoms with Crippen molar-refractivity contribution in [2.45, 2.75) is 19.8 Å². The zero-order chi connectivity index (χ0) is 13.1. The van der Waals surface area contributed by atoms with Crippen LogP contribution < -0.4 is 0 Å². The normalized spacial score (nSPS) is 10.6. The Morgan fingerprint density at radius 1 is 1.39 bits per heavy atom. The minimum Gasteiger partial charge on any atom is -0.292 e. The topological polar surface area (TPSA) is 34.9 Å². The van der Waals surface area contributed by atoms with Crippen molar-refractivity contribution in [3.05, 3.63) is 51.8 Å². The van der Waals surface area contributed by atoms with Gasteiger partial charge in [-0.15, -0.1) is 0 Å². The molecule has 94 valence electrons. The number of halogens is 1. The molecule has 0 saturated heterocycles. The van der Waals surface area contributed by atoms with E-state index in [-0.39, 0.29) is 5.78 Å². The van der Waals surface area contributed by atoms with Crippen molar-refractivity contribution in [2.75, 3.05) is 0 Å². The van der Waals surface area contributed by atoms with Crippen LogP contribution in [0, 0.1) is 0 Å². The molecular weight excluding hydrogens is 292 g/mol. The Hall–Kier alpha value is -1.42. The molecule has 1 aromatic carbocycles. The van der Waals surface area contributed by atoms with Gasteiger partial charge in [0.1, 0.15) is 5.69 Å². The van der Waals surface area contributed by atoms with Crippen LogP contribution in [0.4, 0.5) is 0 Å². The highest BCUT2D eigenvalue weighted by Gasteiger charge is 2.14. The van der Waals surface area contributed by atoms with Crippen molar-refractivity contribution >= 4 is 21.7 Å². The average Bonchev–Trinajstić information content (AvgIpc) is 2.73. The number of nitrogens with zero attached hydrogens (tertiary/aromatic N) is 2. The molecule has 0 N–H and O–H groups in total. The molecule has 1 aromatic heterocycles. The van der Waals surface area contributed by atoms with Crippen LogP contribution in [0.2, 0.25) is 0 Å². The molecule has 0 amide bonds. The lowest BCUT2D eigenvalue weighted by Crippen LogP contribution is -2.09. The first kappa shape index (κ1) is 13.0. The van der Waals surface area contributed by atoms with Gasteiger partial charge in [-0.3, -0.25) is 9.48 Å². The van der Waals surface area contributed by atoms with Gasteiger partial charge in [0, 0.05) is 17.9 Å². The average molecular weight is 307 g/mol. The maximum atomic E-state index is 12.2. The lowest BCUT2D eigenvalue weighted by atomic mass is 10.1. The van der Waals surface area contributed by atoms with E-state index < -0.39 is 0 Å². The number of rotatable bonds is 4. The molecule has 0 aliphatic heterocycles. The predicted octanol–water partition coefficient (Wildman–Crippen LogP) is 3.17. The Balaban J connectivity index is 2.22. The summed E-state index contributed by atoms with van der Waals surface area (Å²) in [5, 5.41) is 4.30. The lowest BCUT2D eigenvalue weighted by molar-refractivity contribution is 0.0984. The van der Waals surface area contributed by atoms with E-state index in [1.807, 2.05) is 44.3 Å². The quantitative estimate of drug-likeness (QED) is 0.813. The van der Waals surface area contributed by atoms with E-state index in [1.165, 1.54) is 0 Å². The highest BCUT2D eigenvalue weighted by molar-refractivity contribution is 9.10. The second-order valence-corrected chi connectivity index (χ2v) is 5.04. The Kier molecular flexibility index (Phi) is 3.97. The minimum absolute atomic E-state index is 0.0941. The summed E-state index contributed by atoms with van der Waals surface area (Å²) in [4.78, 5) is 12.2. The number of hydrogen-bond donors (Lipinski definition) is 0. The van der Waals surface area contributed by atoms with Gasteiger partial charge in [-0.1, -0.05) is 41.1 Å². The lowest BCUT2D eigenvalue weighted by Gasteiger charge is -2.03. The molecule has 2 rings (SSSR count). The van der Waals surface area contributed by atoms with Crippen LogP contribution in [0.25, 0.3) is 0 Å². The molecule has 0 bridgehead atoms.